The van der Waals surface area contributed by atoms with Crippen LogP contribution in [0, 0.1) is 0 Å². The van der Waals surface area contributed by atoms with Crippen molar-refractivity contribution in [2.45, 2.75) is 18.9 Å². The summed E-state index contributed by atoms with van der Waals surface area (Å²) < 4.78 is 0.972. The third-order valence-corrected chi connectivity index (χ3v) is 4.37. The van der Waals surface area contributed by atoms with Crippen molar-refractivity contribution in [1.82, 2.24) is 4.90 Å². The molecule has 82 valence electrons. The summed E-state index contributed by atoms with van der Waals surface area (Å²) in [6, 6.07) is 2.11. The number of amides is 1. The maximum absolute atomic E-state index is 12.1. The molecule has 1 aromatic heterocycles. The Labute approximate surface area is 101 Å². The molecule has 1 aliphatic heterocycles. The zero-order valence-electron chi connectivity index (χ0n) is 8.28. The maximum atomic E-state index is 12.1. The molecule has 15 heavy (non-hydrogen) atoms. The summed E-state index contributed by atoms with van der Waals surface area (Å²) in [6.45, 7) is 1.41. The van der Waals surface area contributed by atoms with Gasteiger partial charge in [0.2, 0.25) is 0 Å². The largest absolute Gasteiger partial charge is 0.334 e. The fraction of sp³-hybridized carbons (Fsp3) is 0.500. The molecule has 1 fully saturated rings. The third kappa shape index (κ3) is 2.24. The van der Waals surface area contributed by atoms with E-state index in [0.717, 1.165) is 28.7 Å². The van der Waals surface area contributed by atoms with Crippen LogP contribution < -0.4 is 5.73 Å². The van der Waals surface area contributed by atoms with Gasteiger partial charge in [-0.15, -0.1) is 11.3 Å². The number of carbonyl (C=O) groups excluding carboxylic acids is 1. The Hall–Kier alpha value is -0.390. The normalized spacial score (nSPS) is 20.9. The van der Waals surface area contributed by atoms with Gasteiger partial charge in [-0.3, -0.25) is 4.79 Å². The standard InChI is InChI=1S/C10H13BrN2OS/c11-7-4-9(15-6-7)10(14)13-3-1-2-8(13)5-12/h4,6,8H,1-3,5,12H2. The van der Waals surface area contributed by atoms with E-state index in [1.165, 1.54) is 11.3 Å². The fourth-order valence-electron chi connectivity index (χ4n) is 1.91. The van der Waals surface area contributed by atoms with E-state index in [1.54, 1.807) is 0 Å². The number of hydrogen-bond acceptors (Lipinski definition) is 3. The lowest BCUT2D eigenvalue weighted by Gasteiger charge is -2.22. The van der Waals surface area contributed by atoms with Crippen molar-refractivity contribution in [2.24, 2.45) is 5.73 Å². The summed E-state index contributed by atoms with van der Waals surface area (Å²) in [7, 11) is 0. The SMILES string of the molecule is NCC1CCCN1C(=O)c1cc(Br)cs1. The van der Waals surface area contributed by atoms with E-state index in [0.29, 0.717) is 6.54 Å². The molecule has 0 bridgehead atoms. The minimum absolute atomic E-state index is 0.124. The Morgan fingerprint density at radius 3 is 3.13 bits per heavy atom. The average molecular weight is 289 g/mol. The first-order valence-corrected chi connectivity index (χ1v) is 6.64. The molecule has 1 aliphatic rings. The van der Waals surface area contributed by atoms with Crippen LogP contribution in [0.25, 0.3) is 0 Å². The van der Waals surface area contributed by atoms with Crippen LogP contribution in [0.4, 0.5) is 0 Å². The molecular formula is C10H13BrN2OS. The number of likely N-dealkylation sites (tertiary alicyclic amines) is 1. The Morgan fingerprint density at radius 2 is 2.53 bits per heavy atom. The monoisotopic (exact) mass is 288 g/mol. The highest BCUT2D eigenvalue weighted by Gasteiger charge is 2.28. The quantitative estimate of drug-likeness (QED) is 0.906. The summed E-state index contributed by atoms with van der Waals surface area (Å²) in [5, 5.41) is 1.93. The van der Waals surface area contributed by atoms with Gasteiger partial charge in [0.15, 0.2) is 0 Å². The highest BCUT2D eigenvalue weighted by atomic mass is 79.9. The van der Waals surface area contributed by atoms with Gasteiger partial charge >= 0.3 is 0 Å². The summed E-state index contributed by atoms with van der Waals surface area (Å²) in [4.78, 5) is 14.8. The molecule has 0 saturated carbocycles. The van der Waals surface area contributed by atoms with Gasteiger partial charge < -0.3 is 10.6 Å². The lowest BCUT2D eigenvalue weighted by molar-refractivity contribution is 0.0746. The van der Waals surface area contributed by atoms with Gasteiger partial charge in [0.05, 0.1) is 4.88 Å². The number of thiophene rings is 1. The number of hydrogen-bond donors (Lipinski definition) is 1. The number of nitrogens with zero attached hydrogens (tertiary/aromatic N) is 1. The van der Waals surface area contributed by atoms with Crippen LogP contribution >= 0.6 is 27.3 Å². The Kier molecular flexibility index (Phi) is 3.43. The zero-order chi connectivity index (χ0) is 10.8. The second-order valence-electron chi connectivity index (χ2n) is 3.66. The van der Waals surface area contributed by atoms with E-state index in [9.17, 15) is 4.79 Å². The summed E-state index contributed by atoms with van der Waals surface area (Å²) in [5.74, 6) is 0.124. The van der Waals surface area contributed by atoms with Gasteiger partial charge in [0.1, 0.15) is 0 Å². The summed E-state index contributed by atoms with van der Waals surface area (Å²) in [5.41, 5.74) is 5.65. The zero-order valence-corrected chi connectivity index (χ0v) is 10.7. The molecule has 5 heteroatoms. The molecule has 2 rings (SSSR count). The molecule has 2 N–H and O–H groups in total. The van der Waals surface area contributed by atoms with Crippen molar-refractivity contribution in [3.8, 4) is 0 Å². The van der Waals surface area contributed by atoms with E-state index in [-0.39, 0.29) is 11.9 Å². The van der Waals surface area contributed by atoms with Crippen LogP contribution in [0.5, 0.6) is 0 Å². The average Bonchev–Trinajstić information content (AvgIpc) is 2.84. The lowest BCUT2D eigenvalue weighted by atomic mass is 10.2. The molecule has 0 spiro atoms. The Balaban J connectivity index is 2.13. The van der Waals surface area contributed by atoms with Crippen molar-refractivity contribution in [3.63, 3.8) is 0 Å². The van der Waals surface area contributed by atoms with E-state index in [2.05, 4.69) is 15.9 Å². The molecular weight excluding hydrogens is 276 g/mol. The molecule has 1 amide bonds. The third-order valence-electron chi connectivity index (χ3n) is 2.69. The van der Waals surface area contributed by atoms with Gasteiger partial charge in [0.25, 0.3) is 5.91 Å². The van der Waals surface area contributed by atoms with Crippen LogP contribution in [0.3, 0.4) is 0 Å². The van der Waals surface area contributed by atoms with Gasteiger partial charge in [-0.2, -0.15) is 0 Å². The lowest BCUT2D eigenvalue weighted by Crippen LogP contribution is -2.39. The van der Waals surface area contributed by atoms with E-state index in [4.69, 9.17) is 5.73 Å². The van der Waals surface area contributed by atoms with Crippen LogP contribution in [-0.4, -0.2) is 29.9 Å². The number of rotatable bonds is 2. The van der Waals surface area contributed by atoms with Crippen molar-refractivity contribution in [2.75, 3.05) is 13.1 Å². The van der Waals surface area contributed by atoms with Crippen molar-refractivity contribution < 1.29 is 4.79 Å². The topological polar surface area (TPSA) is 46.3 Å². The first kappa shape index (κ1) is 11.1. The van der Waals surface area contributed by atoms with Gasteiger partial charge in [-0.25, -0.2) is 0 Å². The number of halogens is 1. The van der Waals surface area contributed by atoms with Gasteiger partial charge in [0, 0.05) is 29.0 Å². The molecule has 1 atom stereocenters. The predicted molar refractivity (Wildman–Crippen MR) is 65.1 cm³/mol. The molecule has 0 radical (unpaired) electrons. The van der Waals surface area contributed by atoms with Crippen molar-refractivity contribution in [3.05, 3.63) is 20.8 Å². The van der Waals surface area contributed by atoms with Crippen LogP contribution in [0.1, 0.15) is 22.5 Å². The fourth-order valence-corrected chi connectivity index (χ4v) is 3.30. The summed E-state index contributed by atoms with van der Waals surface area (Å²) in [6.07, 6.45) is 2.11. The minimum Gasteiger partial charge on any atom is -0.334 e. The van der Waals surface area contributed by atoms with Gasteiger partial charge in [-0.1, -0.05) is 0 Å². The maximum Gasteiger partial charge on any atom is 0.264 e. The second-order valence-corrected chi connectivity index (χ2v) is 5.49. The highest BCUT2D eigenvalue weighted by Crippen LogP contribution is 2.25. The van der Waals surface area contributed by atoms with E-state index < -0.39 is 0 Å². The summed E-state index contributed by atoms with van der Waals surface area (Å²) >= 11 is 4.83. The molecule has 0 aromatic carbocycles. The Bertz CT molecular complexity index is 366. The van der Waals surface area contributed by atoms with Gasteiger partial charge in [-0.05, 0) is 34.8 Å². The van der Waals surface area contributed by atoms with Crippen LogP contribution in [-0.2, 0) is 0 Å². The first-order valence-electron chi connectivity index (χ1n) is 4.97. The van der Waals surface area contributed by atoms with Crippen molar-refractivity contribution >= 4 is 33.2 Å². The van der Waals surface area contributed by atoms with E-state index >= 15 is 0 Å². The number of carbonyl (C=O) groups is 1. The molecule has 3 nitrogen and oxygen atoms in total. The molecule has 2 heterocycles. The van der Waals surface area contributed by atoms with E-state index in [1.807, 2.05) is 16.3 Å². The first-order chi connectivity index (χ1) is 7.22. The number of nitrogens with two attached hydrogens (primary N) is 1. The molecule has 1 unspecified atom stereocenters. The minimum atomic E-state index is 0.124. The Morgan fingerprint density at radius 1 is 1.73 bits per heavy atom. The second kappa shape index (κ2) is 4.63. The molecule has 1 saturated heterocycles. The van der Waals surface area contributed by atoms with Crippen LogP contribution in [0.15, 0.2) is 15.9 Å². The smallest absolute Gasteiger partial charge is 0.264 e. The molecule has 1 aromatic rings. The van der Waals surface area contributed by atoms with Crippen LogP contribution in [0.2, 0.25) is 0 Å². The van der Waals surface area contributed by atoms with Crippen molar-refractivity contribution in [1.29, 1.82) is 0 Å². The highest BCUT2D eigenvalue weighted by molar-refractivity contribution is 9.10. The molecule has 0 aliphatic carbocycles. The predicted octanol–water partition coefficient (Wildman–Crippen LogP) is 2.07.